The number of rotatable bonds is 3. The molecule has 1 saturated carbocycles. The smallest absolute Gasteiger partial charge is 0.222 e. The van der Waals surface area contributed by atoms with Crippen molar-refractivity contribution in [1.29, 1.82) is 0 Å². The van der Waals surface area contributed by atoms with Crippen LogP contribution in [-0.4, -0.2) is 21.0 Å². The van der Waals surface area contributed by atoms with Crippen LogP contribution in [0.25, 0.3) is 22.2 Å². The number of aryl methyl sites for hydroxylation is 1. The summed E-state index contributed by atoms with van der Waals surface area (Å²) in [4.78, 5) is 13.4. The summed E-state index contributed by atoms with van der Waals surface area (Å²) in [5, 5.41) is 4.61. The lowest BCUT2D eigenvalue weighted by atomic mass is 9.95. The third-order valence-electron chi connectivity index (χ3n) is 4.94. The van der Waals surface area contributed by atoms with Gasteiger partial charge in [-0.3, -0.25) is 4.98 Å². The number of nitrogens with two attached hydrogens (primary N) is 1. The number of anilines is 2. The summed E-state index contributed by atoms with van der Waals surface area (Å²) in [6.07, 6.45) is 8.07. The van der Waals surface area contributed by atoms with Gasteiger partial charge in [0.1, 0.15) is 5.82 Å². The second kappa shape index (κ2) is 6.67. The zero-order chi connectivity index (χ0) is 17.2. The maximum atomic E-state index is 5.93. The van der Waals surface area contributed by atoms with Crippen LogP contribution in [0.4, 0.5) is 11.8 Å². The van der Waals surface area contributed by atoms with E-state index in [-0.39, 0.29) is 0 Å². The summed E-state index contributed by atoms with van der Waals surface area (Å²) < 4.78 is 0. The van der Waals surface area contributed by atoms with E-state index in [1.807, 2.05) is 18.3 Å². The Balaban J connectivity index is 1.78. The molecule has 3 N–H and O–H groups in total. The highest BCUT2D eigenvalue weighted by Crippen LogP contribution is 2.30. The topological polar surface area (TPSA) is 76.7 Å². The van der Waals surface area contributed by atoms with Crippen LogP contribution in [0.3, 0.4) is 0 Å². The predicted octanol–water partition coefficient (Wildman–Crippen LogP) is 4.33. The monoisotopic (exact) mass is 333 g/mol. The fourth-order valence-electron chi connectivity index (χ4n) is 3.63. The molecule has 5 heteroatoms. The lowest BCUT2D eigenvalue weighted by Crippen LogP contribution is -2.23. The van der Waals surface area contributed by atoms with Crippen LogP contribution in [0, 0.1) is 6.92 Å². The summed E-state index contributed by atoms with van der Waals surface area (Å²) in [6.45, 7) is 2.08. The number of nitrogens with zero attached hydrogens (tertiary/aromatic N) is 3. The van der Waals surface area contributed by atoms with Crippen LogP contribution >= 0.6 is 0 Å². The highest BCUT2D eigenvalue weighted by atomic mass is 15.1. The molecule has 2 aromatic heterocycles. The lowest BCUT2D eigenvalue weighted by Gasteiger charge is -2.24. The maximum absolute atomic E-state index is 5.93. The van der Waals surface area contributed by atoms with Gasteiger partial charge in [0.2, 0.25) is 5.95 Å². The molecule has 1 aliphatic carbocycles. The molecule has 128 valence electrons. The first-order valence-corrected chi connectivity index (χ1v) is 8.96. The van der Waals surface area contributed by atoms with Gasteiger partial charge in [-0.25, -0.2) is 4.98 Å². The second-order valence-corrected chi connectivity index (χ2v) is 6.81. The molecule has 3 aromatic rings. The Hall–Kier alpha value is -2.69. The van der Waals surface area contributed by atoms with Gasteiger partial charge >= 0.3 is 0 Å². The van der Waals surface area contributed by atoms with Gasteiger partial charge in [-0.05, 0) is 43.5 Å². The van der Waals surface area contributed by atoms with E-state index in [0.717, 1.165) is 33.5 Å². The Morgan fingerprint density at radius 1 is 1.08 bits per heavy atom. The van der Waals surface area contributed by atoms with Gasteiger partial charge in [-0.2, -0.15) is 4.98 Å². The van der Waals surface area contributed by atoms with Crippen LogP contribution < -0.4 is 11.1 Å². The Morgan fingerprint density at radius 3 is 2.72 bits per heavy atom. The van der Waals surface area contributed by atoms with Gasteiger partial charge in [0, 0.05) is 23.2 Å². The molecule has 0 atom stereocenters. The van der Waals surface area contributed by atoms with E-state index in [9.17, 15) is 0 Å². The Morgan fingerprint density at radius 2 is 1.92 bits per heavy atom. The summed E-state index contributed by atoms with van der Waals surface area (Å²) in [6, 6.07) is 10.7. The Kier molecular flexibility index (Phi) is 4.22. The van der Waals surface area contributed by atoms with Gasteiger partial charge in [0.05, 0.1) is 11.2 Å². The number of aromatic nitrogens is 3. The fourth-order valence-corrected chi connectivity index (χ4v) is 3.63. The molecule has 1 aliphatic rings. The van der Waals surface area contributed by atoms with E-state index >= 15 is 0 Å². The van der Waals surface area contributed by atoms with Gasteiger partial charge in [-0.1, -0.05) is 31.4 Å². The first-order chi connectivity index (χ1) is 12.2. The standard InChI is InChI=1S/C20H23N5/c1-13-6-5-11-22-18(13)14-9-10-17-16(12-14)19(25-20(21)24-17)23-15-7-3-2-4-8-15/h5-6,9-12,15H,2-4,7-8H2,1H3,(H3,21,23,24,25). The number of nitrogens with one attached hydrogen (secondary N) is 1. The largest absolute Gasteiger partial charge is 0.368 e. The minimum Gasteiger partial charge on any atom is -0.368 e. The maximum Gasteiger partial charge on any atom is 0.222 e. The number of benzene rings is 1. The molecule has 0 unspecified atom stereocenters. The van der Waals surface area contributed by atoms with E-state index in [1.54, 1.807) is 0 Å². The van der Waals surface area contributed by atoms with E-state index in [4.69, 9.17) is 5.73 Å². The van der Waals surface area contributed by atoms with Crippen LogP contribution in [-0.2, 0) is 0 Å². The minimum absolute atomic E-state index is 0.313. The van der Waals surface area contributed by atoms with Crippen LogP contribution in [0.2, 0.25) is 0 Å². The quantitative estimate of drug-likeness (QED) is 0.746. The van der Waals surface area contributed by atoms with Crippen molar-refractivity contribution >= 4 is 22.7 Å². The third-order valence-corrected chi connectivity index (χ3v) is 4.94. The van der Waals surface area contributed by atoms with Crippen LogP contribution in [0.1, 0.15) is 37.7 Å². The summed E-state index contributed by atoms with van der Waals surface area (Å²) in [7, 11) is 0. The van der Waals surface area contributed by atoms with Gasteiger partial charge in [0.25, 0.3) is 0 Å². The molecule has 0 bridgehead atoms. The number of hydrogen-bond donors (Lipinski definition) is 2. The first-order valence-electron chi connectivity index (χ1n) is 8.96. The number of pyridine rings is 1. The molecule has 5 nitrogen and oxygen atoms in total. The average molecular weight is 333 g/mol. The van der Waals surface area contributed by atoms with Crippen molar-refractivity contribution in [2.75, 3.05) is 11.1 Å². The molecule has 1 fully saturated rings. The first kappa shape index (κ1) is 15.8. The van der Waals surface area contributed by atoms with Crippen LogP contribution in [0.15, 0.2) is 36.5 Å². The molecule has 0 radical (unpaired) electrons. The molecule has 0 spiro atoms. The van der Waals surface area contributed by atoms with Crippen molar-refractivity contribution in [3.8, 4) is 11.3 Å². The Bertz CT molecular complexity index is 900. The SMILES string of the molecule is Cc1cccnc1-c1ccc2nc(N)nc(NC3CCCCC3)c2c1. The minimum atomic E-state index is 0.313. The molecule has 0 aliphatic heterocycles. The summed E-state index contributed by atoms with van der Waals surface area (Å²) in [5.41, 5.74) is 10.0. The normalized spacial score (nSPS) is 15.4. The van der Waals surface area contributed by atoms with Crippen molar-refractivity contribution in [3.63, 3.8) is 0 Å². The second-order valence-electron chi connectivity index (χ2n) is 6.81. The van der Waals surface area contributed by atoms with Gasteiger partial charge in [-0.15, -0.1) is 0 Å². The van der Waals surface area contributed by atoms with Gasteiger partial charge in [0.15, 0.2) is 0 Å². The molecule has 25 heavy (non-hydrogen) atoms. The molecule has 0 amide bonds. The van der Waals surface area contributed by atoms with E-state index in [1.165, 1.54) is 32.1 Å². The Labute approximate surface area is 147 Å². The predicted molar refractivity (Wildman–Crippen MR) is 102 cm³/mol. The van der Waals surface area contributed by atoms with E-state index < -0.39 is 0 Å². The summed E-state index contributed by atoms with van der Waals surface area (Å²) >= 11 is 0. The van der Waals surface area contributed by atoms with Gasteiger partial charge < -0.3 is 11.1 Å². The number of fused-ring (bicyclic) bond motifs is 1. The molecular formula is C20H23N5. The van der Waals surface area contributed by atoms with Crippen molar-refractivity contribution in [2.24, 2.45) is 0 Å². The van der Waals surface area contributed by atoms with Crippen molar-refractivity contribution in [1.82, 2.24) is 15.0 Å². The highest BCUT2D eigenvalue weighted by Gasteiger charge is 2.16. The summed E-state index contributed by atoms with van der Waals surface area (Å²) in [5.74, 6) is 1.15. The molecule has 1 aromatic carbocycles. The molecule has 0 saturated heterocycles. The van der Waals surface area contributed by atoms with E-state index in [2.05, 4.69) is 45.4 Å². The van der Waals surface area contributed by atoms with Crippen molar-refractivity contribution in [3.05, 3.63) is 42.1 Å². The molecule has 2 heterocycles. The fraction of sp³-hybridized carbons (Fsp3) is 0.350. The van der Waals surface area contributed by atoms with Crippen molar-refractivity contribution < 1.29 is 0 Å². The van der Waals surface area contributed by atoms with E-state index in [0.29, 0.717) is 12.0 Å². The van der Waals surface area contributed by atoms with Crippen LogP contribution in [0.5, 0.6) is 0 Å². The third kappa shape index (κ3) is 3.27. The number of nitrogen functional groups attached to an aromatic ring is 1. The molecule has 4 rings (SSSR count). The average Bonchev–Trinajstić information content (AvgIpc) is 2.63. The highest BCUT2D eigenvalue weighted by molar-refractivity contribution is 5.93. The zero-order valence-electron chi connectivity index (χ0n) is 14.5. The van der Waals surface area contributed by atoms with Crippen molar-refractivity contribution in [2.45, 2.75) is 45.1 Å². The lowest BCUT2D eigenvalue weighted by molar-refractivity contribution is 0.462. The molecular weight excluding hydrogens is 310 g/mol. The zero-order valence-corrected chi connectivity index (χ0v) is 14.5. The number of hydrogen-bond acceptors (Lipinski definition) is 5.